The van der Waals surface area contributed by atoms with Gasteiger partial charge in [0, 0.05) is 45.5 Å². The van der Waals surface area contributed by atoms with Crippen molar-refractivity contribution in [1.29, 1.82) is 0 Å². The molecule has 7 aromatic rings. The number of benzene rings is 7. The van der Waals surface area contributed by atoms with Crippen molar-refractivity contribution < 1.29 is 0 Å². The fourth-order valence-corrected chi connectivity index (χ4v) is 13.4. The van der Waals surface area contributed by atoms with E-state index in [0.717, 1.165) is 29.9 Å². The number of hydrogen-bond donors (Lipinski definition) is 0. The van der Waals surface area contributed by atoms with Crippen LogP contribution >= 0.6 is 0 Å². The van der Waals surface area contributed by atoms with Crippen molar-refractivity contribution in [2.75, 3.05) is 14.7 Å². The summed E-state index contributed by atoms with van der Waals surface area (Å²) in [5.74, 6) is 0. The Hall–Kier alpha value is -6.00. The summed E-state index contributed by atoms with van der Waals surface area (Å²) in [5.41, 5.74) is 26.4. The zero-order valence-corrected chi connectivity index (χ0v) is 45.7. The smallest absolute Gasteiger partial charge is 0.252 e. The van der Waals surface area contributed by atoms with E-state index in [9.17, 15) is 0 Å². The van der Waals surface area contributed by atoms with Crippen molar-refractivity contribution in [3.05, 3.63) is 178 Å². The van der Waals surface area contributed by atoms with E-state index < -0.39 is 0 Å². The number of fused-ring (bicyclic) bond motifs is 6. The van der Waals surface area contributed by atoms with Crippen LogP contribution in [0, 0.1) is 13.8 Å². The first-order chi connectivity index (χ1) is 33.3. The minimum absolute atomic E-state index is 0.0113. The van der Waals surface area contributed by atoms with E-state index in [2.05, 4.69) is 259 Å². The van der Waals surface area contributed by atoms with Crippen molar-refractivity contribution in [2.45, 2.75) is 163 Å². The van der Waals surface area contributed by atoms with Gasteiger partial charge in [-0.3, -0.25) is 0 Å². The maximum atomic E-state index is 2.74. The number of anilines is 9. The zero-order valence-electron chi connectivity index (χ0n) is 45.7. The van der Waals surface area contributed by atoms with E-state index in [1.807, 2.05) is 0 Å². The third-order valence-electron chi connectivity index (χ3n) is 17.4. The molecule has 0 amide bonds. The van der Waals surface area contributed by atoms with Crippen LogP contribution in [-0.2, 0) is 32.5 Å². The molecule has 7 aromatic carbocycles. The fraction of sp³-hybridized carbons (Fsp3) is 0.373. The predicted octanol–water partition coefficient (Wildman–Crippen LogP) is 16.8. The zero-order chi connectivity index (χ0) is 50.5. The van der Waals surface area contributed by atoms with Crippen molar-refractivity contribution in [3.8, 4) is 0 Å². The average molecular weight is 934 g/mol. The normalized spacial score (nSPS) is 17.8. The number of hydrogen-bond acceptors (Lipinski definition) is 3. The lowest BCUT2D eigenvalue weighted by molar-refractivity contribution is 0.332. The van der Waals surface area contributed by atoms with Crippen LogP contribution < -0.4 is 31.1 Å². The lowest BCUT2D eigenvalue weighted by atomic mass is 9.33. The van der Waals surface area contributed by atoms with Crippen LogP contribution in [0.2, 0.25) is 0 Å². The van der Waals surface area contributed by atoms with Gasteiger partial charge >= 0.3 is 0 Å². The molecular formula is C67H76BN3. The van der Waals surface area contributed by atoms with Crippen LogP contribution in [0.15, 0.2) is 133 Å². The second-order valence-corrected chi connectivity index (χ2v) is 26.6. The summed E-state index contributed by atoms with van der Waals surface area (Å²) in [6.45, 7) is 38.6. The molecule has 3 nitrogen and oxygen atoms in total. The molecule has 11 rings (SSSR count). The van der Waals surface area contributed by atoms with E-state index in [1.54, 1.807) is 0 Å². The summed E-state index contributed by atoms with van der Waals surface area (Å²) >= 11 is 0. The van der Waals surface area contributed by atoms with Gasteiger partial charge in [-0.25, -0.2) is 0 Å². The van der Waals surface area contributed by atoms with E-state index in [1.165, 1.54) is 101 Å². The summed E-state index contributed by atoms with van der Waals surface area (Å²) in [5, 5.41) is 0. The molecule has 0 N–H and O–H groups in total. The molecule has 362 valence electrons. The molecule has 0 saturated carbocycles. The van der Waals surface area contributed by atoms with Crippen molar-refractivity contribution in [1.82, 2.24) is 0 Å². The van der Waals surface area contributed by atoms with Crippen LogP contribution in [0.3, 0.4) is 0 Å². The monoisotopic (exact) mass is 934 g/mol. The molecule has 0 aromatic heterocycles. The SMILES string of the molecule is Cc1ccc(C(C)(C)C)cc1N1c2ccc(C(C)(C)C)cc2B2c3cc4c(cc3N(c3cc5c(cc3C)C(C)(C)CCC5(C)C)c3cc(N(c5ccccc5)c5ccccc5)cc1c32)C(C)(C)CC4(C)C. The standard InChI is InChI=1S/C67H76BN3/c1-42-27-28-45(63(6,7)8)35-56(42)70-55-30-29-44(62(3,4)5)34-53(55)68-54-38-50-52(67(15,16)41-66(50,13)14)40-58(54)71(57-39-51-49(33-43(57)2)64(9,10)31-32-65(51,11)12)60-37-48(36-59(70)61(60)68)69(46-23-19-17-20-24-46)47-25-21-18-22-26-47/h17-30,33-40H,31-32,41H2,1-16H3. The molecule has 0 spiro atoms. The Kier molecular flexibility index (Phi) is 10.5. The van der Waals surface area contributed by atoms with Crippen LogP contribution in [0.25, 0.3) is 0 Å². The lowest BCUT2D eigenvalue weighted by Crippen LogP contribution is -2.62. The molecule has 0 bridgehead atoms. The highest BCUT2D eigenvalue weighted by molar-refractivity contribution is 7.00. The first-order valence-electron chi connectivity index (χ1n) is 26.6. The Labute approximate surface area is 427 Å². The summed E-state index contributed by atoms with van der Waals surface area (Å²) in [6, 6.07) is 52.3. The summed E-state index contributed by atoms with van der Waals surface area (Å²) in [7, 11) is 0. The largest absolute Gasteiger partial charge is 0.311 e. The molecule has 2 aliphatic carbocycles. The number of nitrogens with zero attached hydrogens (tertiary/aromatic N) is 3. The Balaban J connectivity index is 1.34. The molecule has 0 atom stereocenters. The van der Waals surface area contributed by atoms with Gasteiger partial charge in [0.15, 0.2) is 0 Å². The van der Waals surface area contributed by atoms with Gasteiger partial charge in [-0.2, -0.15) is 0 Å². The van der Waals surface area contributed by atoms with E-state index in [-0.39, 0.29) is 39.2 Å². The molecule has 71 heavy (non-hydrogen) atoms. The van der Waals surface area contributed by atoms with Gasteiger partial charge in [0.25, 0.3) is 6.71 Å². The maximum absolute atomic E-state index is 2.74. The molecule has 4 heteroatoms. The van der Waals surface area contributed by atoms with Gasteiger partial charge in [-0.15, -0.1) is 0 Å². The Bertz CT molecular complexity index is 3250. The maximum Gasteiger partial charge on any atom is 0.252 e. The van der Waals surface area contributed by atoms with Crippen molar-refractivity contribution >= 4 is 74.3 Å². The molecule has 0 fully saturated rings. The lowest BCUT2D eigenvalue weighted by Gasteiger charge is -2.47. The van der Waals surface area contributed by atoms with Gasteiger partial charge < -0.3 is 14.7 Å². The molecule has 0 unspecified atom stereocenters. The number of para-hydroxylation sites is 2. The van der Waals surface area contributed by atoms with Crippen molar-refractivity contribution in [2.24, 2.45) is 0 Å². The number of rotatable bonds is 5. The quantitative estimate of drug-likeness (QED) is 0.159. The predicted molar refractivity (Wildman–Crippen MR) is 308 cm³/mol. The summed E-state index contributed by atoms with van der Waals surface area (Å²) in [6.07, 6.45) is 3.45. The van der Waals surface area contributed by atoms with Gasteiger partial charge in [-0.1, -0.05) is 170 Å². The van der Waals surface area contributed by atoms with Gasteiger partial charge in [0.05, 0.1) is 5.69 Å². The fourth-order valence-electron chi connectivity index (χ4n) is 13.4. The first-order valence-corrected chi connectivity index (χ1v) is 26.6. The summed E-state index contributed by atoms with van der Waals surface area (Å²) < 4.78 is 0. The average Bonchev–Trinajstić information content (AvgIpc) is 3.49. The number of aryl methyl sites for hydroxylation is 2. The summed E-state index contributed by atoms with van der Waals surface area (Å²) in [4.78, 5) is 7.88. The van der Waals surface area contributed by atoms with Gasteiger partial charge in [0.2, 0.25) is 0 Å². The highest BCUT2D eigenvalue weighted by Crippen LogP contribution is 2.56. The Morgan fingerprint density at radius 1 is 0.408 bits per heavy atom. The third kappa shape index (κ3) is 7.51. The van der Waals surface area contributed by atoms with E-state index >= 15 is 0 Å². The Morgan fingerprint density at radius 2 is 0.859 bits per heavy atom. The van der Waals surface area contributed by atoms with E-state index in [4.69, 9.17) is 0 Å². The molecule has 0 saturated heterocycles. The second-order valence-electron chi connectivity index (χ2n) is 26.6. The third-order valence-corrected chi connectivity index (χ3v) is 17.4. The Morgan fingerprint density at radius 3 is 1.42 bits per heavy atom. The highest BCUT2D eigenvalue weighted by atomic mass is 15.2. The minimum Gasteiger partial charge on any atom is -0.311 e. The van der Waals surface area contributed by atoms with Crippen LogP contribution in [0.5, 0.6) is 0 Å². The van der Waals surface area contributed by atoms with E-state index in [0.29, 0.717) is 0 Å². The molecule has 2 heterocycles. The first kappa shape index (κ1) is 47.3. The van der Waals surface area contributed by atoms with Gasteiger partial charge in [-0.05, 0) is 187 Å². The molecule has 4 aliphatic rings. The molecular weight excluding hydrogens is 858 g/mol. The highest BCUT2D eigenvalue weighted by Gasteiger charge is 2.49. The van der Waals surface area contributed by atoms with Crippen molar-refractivity contribution in [3.63, 3.8) is 0 Å². The van der Waals surface area contributed by atoms with Crippen LogP contribution in [0.1, 0.15) is 161 Å². The van der Waals surface area contributed by atoms with Crippen LogP contribution in [0.4, 0.5) is 51.2 Å². The molecule has 0 radical (unpaired) electrons. The second kappa shape index (κ2) is 15.8. The topological polar surface area (TPSA) is 9.72 Å². The van der Waals surface area contributed by atoms with Gasteiger partial charge in [0.1, 0.15) is 0 Å². The minimum atomic E-state index is -0.0466. The molecule has 2 aliphatic heterocycles. The van der Waals surface area contributed by atoms with Crippen LogP contribution in [-0.4, -0.2) is 6.71 Å².